The summed E-state index contributed by atoms with van der Waals surface area (Å²) in [7, 11) is 0. The normalized spacial score (nSPS) is 12.8. The largest absolute Gasteiger partial charge is 0.309 e. The standard InChI is InChI=1S/C16H22BrNS2/c1-4-8-18-14(15-9-11(3)16(17)20-15)10-13-7-6-12(5-2)19-13/h6-7,9,14,18H,4-5,8,10H2,1-3H3. The fourth-order valence-corrected chi connectivity index (χ4v) is 4.82. The van der Waals surface area contributed by atoms with Gasteiger partial charge in [-0.3, -0.25) is 0 Å². The number of nitrogens with one attached hydrogen (secondary N) is 1. The average Bonchev–Trinajstić information content (AvgIpc) is 3.02. The van der Waals surface area contributed by atoms with Gasteiger partial charge in [-0.25, -0.2) is 0 Å². The highest BCUT2D eigenvalue weighted by Crippen LogP contribution is 2.33. The molecule has 2 aromatic heterocycles. The molecule has 1 nitrogen and oxygen atoms in total. The average molecular weight is 372 g/mol. The zero-order chi connectivity index (χ0) is 14.5. The van der Waals surface area contributed by atoms with E-state index in [1.807, 2.05) is 22.7 Å². The number of aryl methyl sites for hydroxylation is 2. The van der Waals surface area contributed by atoms with Gasteiger partial charge in [0.05, 0.1) is 3.79 Å². The first-order valence-electron chi connectivity index (χ1n) is 7.20. The van der Waals surface area contributed by atoms with Crippen LogP contribution in [0.3, 0.4) is 0 Å². The van der Waals surface area contributed by atoms with E-state index in [-0.39, 0.29) is 0 Å². The van der Waals surface area contributed by atoms with Crippen molar-refractivity contribution < 1.29 is 0 Å². The number of thiophene rings is 2. The summed E-state index contributed by atoms with van der Waals surface area (Å²) in [5, 5.41) is 3.70. The van der Waals surface area contributed by atoms with Crippen molar-refractivity contribution in [1.29, 1.82) is 0 Å². The smallest absolute Gasteiger partial charge is 0.0731 e. The fourth-order valence-electron chi connectivity index (χ4n) is 2.17. The second-order valence-electron chi connectivity index (χ2n) is 5.04. The van der Waals surface area contributed by atoms with Crippen molar-refractivity contribution in [2.45, 2.75) is 46.1 Å². The van der Waals surface area contributed by atoms with Gasteiger partial charge < -0.3 is 5.32 Å². The molecule has 2 rings (SSSR count). The minimum atomic E-state index is 0.438. The van der Waals surface area contributed by atoms with E-state index in [9.17, 15) is 0 Å². The first-order valence-corrected chi connectivity index (χ1v) is 9.63. The van der Waals surface area contributed by atoms with Gasteiger partial charge in [-0.05, 0) is 66.0 Å². The van der Waals surface area contributed by atoms with E-state index in [0.29, 0.717) is 6.04 Å². The van der Waals surface area contributed by atoms with Crippen LogP contribution in [0.15, 0.2) is 22.0 Å². The summed E-state index contributed by atoms with van der Waals surface area (Å²) in [5.41, 5.74) is 1.34. The Labute approximate surface area is 138 Å². The van der Waals surface area contributed by atoms with Crippen LogP contribution in [0.1, 0.15) is 46.5 Å². The van der Waals surface area contributed by atoms with E-state index in [0.717, 1.165) is 19.4 Å². The summed E-state index contributed by atoms with van der Waals surface area (Å²) < 4.78 is 1.26. The Balaban J connectivity index is 2.14. The Morgan fingerprint density at radius 2 is 1.95 bits per heavy atom. The van der Waals surface area contributed by atoms with E-state index in [1.165, 1.54) is 30.4 Å². The molecule has 0 saturated heterocycles. The molecular formula is C16H22BrNS2. The van der Waals surface area contributed by atoms with Gasteiger partial charge in [-0.1, -0.05) is 13.8 Å². The van der Waals surface area contributed by atoms with Gasteiger partial charge in [0.2, 0.25) is 0 Å². The van der Waals surface area contributed by atoms with Crippen molar-refractivity contribution in [3.05, 3.63) is 42.2 Å². The van der Waals surface area contributed by atoms with Crippen molar-refractivity contribution in [1.82, 2.24) is 5.32 Å². The first-order chi connectivity index (χ1) is 9.63. The molecule has 0 aliphatic heterocycles. The molecule has 0 aromatic carbocycles. The molecular weight excluding hydrogens is 350 g/mol. The number of hydrogen-bond donors (Lipinski definition) is 1. The molecule has 2 aromatic rings. The summed E-state index contributed by atoms with van der Waals surface area (Å²) >= 11 is 7.46. The Hall–Kier alpha value is -0.160. The molecule has 20 heavy (non-hydrogen) atoms. The van der Waals surface area contributed by atoms with Crippen LogP contribution in [0, 0.1) is 6.92 Å². The van der Waals surface area contributed by atoms with Gasteiger partial charge in [0, 0.05) is 27.1 Å². The van der Waals surface area contributed by atoms with Crippen LogP contribution in [0.4, 0.5) is 0 Å². The molecule has 1 unspecified atom stereocenters. The van der Waals surface area contributed by atoms with Crippen LogP contribution in [0.2, 0.25) is 0 Å². The zero-order valence-corrected chi connectivity index (χ0v) is 15.6. The Morgan fingerprint density at radius 1 is 1.20 bits per heavy atom. The third-order valence-corrected chi connectivity index (χ3v) is 6.83. The Kier molecular flexibility index (Phi) is 6.27. The van der Waals surface area contributed by atoms with Crippen LogP contribution < -0.4 is 5.32 Å². The molecule has 0 spiro atoms. The van der Waals surface area contributed by atoms with Crippen molar-refractivity contribution in [2.75, 3.05) is 6.54 Å². The molecule has 1 atom stereocenters. The summed E-state index contributed by atoms with van der Waals surface area (Å²) in [6.07, 6.45) is 3.41. The minimum absolute atomic E-state index is 0.438. The molecule has 0 radical (unpaired) electrons. The highest BCUT2D eigenvalue weighted by Gasteiger charge is 2.16. The van der Waals surface area contributed by atoms with E-state index < -0.39 is 0 Å². The monoisotopic (exact) mass is 371 g/mol. The number of halogens is 1. The second-order valence-corrected chi connectivity index (χ2v) is 8.69. The molecule has 2 heterocycles. The van der Waals surface area contributed by atoms with Gasteiger partial charge in [0.25, 0.3) is 0 Å². The van der Waals surface area contributed by atoms with Gasteiger partial charge in [0.1, 0.15) is 0 Å². The van der Waals surface area contributed by atoms with Crippen LogP contribution in [0.5, 0.6) is 0 Å². The van der Waals surface area contributed by atoms with Crippen molar-refractivity contribution in [3.8, 4) is 0 Å². The predicted molar refractivity (Wildman–Crippen MR) is 95.2 cm³/mol. The molecule has 0 amide bonds. The van der Waals surface area contributed by atoms with Crippen molar-refractivity contribution >= 4 is 38.6 Å². The van der Waals surface area contributed by atoms with Crippen molar-refractivity contribution in [3.63, 3.8) is 0 Å². The van der Waals surface area contributed by atoms with Gasteiger partial charge >= 0.3 is 0 Å². The molecule has 0 aliphatic carbocycles. The molecule has 4 heteroatoms. The van der Waals surface area contributed by atoms with E-state index in [4.69, 9.17) is 0 Å². The van der Waals surface area contributed by atoms with Gasteiger partial charge in [0.15, 0.2) is 0 Å². The SMILES string of the molecule is CCCNC(Cc1ccc(CC)s1)c1cc(C)c(Br)s1. The lowest BCUT2D eigenvalue weighted by atomic mass is 10.1. The minimum Gasteiger partial charge on any atom is -0.309 e. The third-order valence-electron chi connectivity index (χ3n) is 3.33. The molecule has 0 bridgehead atoms. The highest BCUT2D eigenvalue weighted by atomic mass is 79.9. The maximum atomic E-state index is 3.70. The van der Waals surface area contributed by atoms with E-state index in [1.54, 1.807) is 0 Å². The third kappa shape index (κ3) is 4.17. The zero-order valence-electron chi connectivity index (χ0n) is 12.3. The molecule has 0 saturated carbocycles. The fraction of sp³-hybridized carbons (Fsp3) is 0.500. The number of rotatable bonds is 7. The maximum absolute atomic E-state index is 3.70. The maximum Gasteiger partial charge on any atom is 0.0731 e. The van der Waals surface area contributed by atoms with Crippen LogP contribution >= 0.6 is 38.6 Å². The highest BCUT2D eigenvalue weighted by molar-refractivity contribution is 9.11. The van der Waals surface area contributed by atoms with E-state index in [2.05, 4.69) is 60.2 Å². The lowest BCUT2D eigenvalue weighted by Crippen LogP contribution is -2.23. The van der Waals surface area contributed by atoms with Crippen molar-refractivity contribution in [2.24, 2.45) is 0 Å². The lowest BCUT2D eigenvalue weighted by molar-refractivity contribution is 0.539. The first kappa shape index (κ1) is 16.2. The van der Waals surface area contributed by atoms with Crippen LogP contribution in [-0.4, -0.2) is 6.54 Å². The Bertz CT molecular complexity index is 525. The molecule has 1 N–H and O–H groups in total. The summed E-state index contributed by atoms with van der Waals surface area (Å²) in [4.78, 5) is 4.41. The van der Waals surface area contributed by atoms with E-state index >= 15 is 0 Å². The van der Waals surface area contributed by atoms with Gasteiger partial charge in [-0.2, -0.15) is 0 Å². The lowest BCUT2D eigenvalue weighted by Gasteiger charge is -2.16. The topological polar surface area (TPSA) is 12.0 Å². The number of hydrogen-bond acceptors (Lipinski definition) is 3. The van der Waals surface area contributed by atoms with Crippen LogP contribution in [0.25, 0.3) is 0 Å². The Morgan fingerprint density at radius 3 is 2.50 bits per heavy atom. The summed E-state index contributed by atoms with van der Waals surface area (Å²) in [5.74, 6) is 0. The molecule has 0 aliphatic rings. The summed E-state index contributed by atoms with van der Waals surface area (Å²) in [6.45, 7) is 7.69. The van der Waals surface area contributed by atoms with Crippen LogP contribution in [-0.2, 0) is 12.8 Å². The quantitative estimate of drug-likeness (QED) is 0.655. The summed E-state index contributed by atoms with van der Waals surface area (Å²) in [6, 6.07) is 7.32. The molecule has 110 valence electrons. The second kappa shape index (κ2) is 7.74. The molecule has 0 fully saturated rings. The van der Waals surface area contributed by atoms with Gasteiger partial charge in [-0.15, -0.1) is 22.7 Å². The predicted octanol–water partition coefficient (Wildman–Crippen LogP) is 5.73.